The maximum atomic E-state index is 10.9. The predicted octanol–water partition coefficient (Wildman–Crippen LogP) is 20.6. The lowest BCUT2D eigenvalue weighted by atomic mass is 10.0. The summed E-state index contributed by atoms with van der Waals surface area (Å²) in [5.74, 6) is 1.17. The van der Waals surface area contributed by atoms with Crippen molar-refractivity contribution in [2.45, 2.75) is 197 Å². The normalized spacial score (nSPS) is 10.5. The molecule has 0 amide bonds. The minimum atomic E-state index is -3.02. The number of carbonyl (C=O) groups is 2. The molecule has 2 N–H and O–H groups in total. The van der Waals surface area contributed by atoms with Gasteiger partial charge in [0.25, 0.3) is 0 Å². The Balaban J connectivity index is -0.000000215. The third-order valence-corrected chi connectivity index (χ3v) is 12.9. The fourth-order valence-electron chi connectivity index (χ4n) is 6.25. The van der Waals surface area contributed by atoms with E-state index in [4.69, 9.17) is 9.47 Å². The van der Waals surface area contributed by atoms with Crippen molar-refractivity contribution in [2.75, 3.05) is 33.6 Å². The number of ketones is 2. The largest absolute Gasteiger partial charge is 0.502 e. The molecule has 0 aliphatic carbocycles. The van der Waals surface area contributed by atoms with E-state index in [-0.39, 0.29) is 17.7 Å². The first kappa shape index (κ1) is 92.6. The number of aliphatic hydroxyl groups excluding tert-OH is 2. The summed E-state index contributed by atoms with van der Waals surface area (Å²) in [5, 5.41) is 18.9. The van der Waals surface area contributed by atoms with E-state index in [1.807, 2.05) is 107 Å². The van der Waals surface area contributed by atoms with E-state index in [0.717, 1.165) is 67.8 Å². The first-order valence-corrected chi connectivity index (χ1v) is 33.3. The molecule has 5 aromatic carbocycles. The lowest BCUT2D eigenvalue weighted by molar-refractivity contribution is -0.116. The number of carbonyl (C=O) groups excluding carboxylic acids is 2. The van der Waals surface area contributed by atoms with Gasteiger partial charge in [-0.05, 0) is 113 Å². The molecule has 0 aliphatic rings. The number of hydrogen-bond acceptors (Lipinski definition) is 9. The van der Waals surface area contributed by atoms with Gasteiger partial charge in [-0.25, -0.2) is 8.42 Å². The number of Topliss-reactive ketones (excluding diaryl/α,β-unsaturated/α-hetero) is 1. The summed E-state index contributed by atoms with van der Waals surface area (Å²) >= 11 is 0. The van der Waals surface area contributed by atoms with Crippen molar-refractivity contribution in [2.24, 2.45) is 0 Å². The van der Waals surface area contributed by atoms with Gasteiger partial charge in [-0.3, -0.25) is 9.69 Å². The molecule has 0 fully saturated rings. The summed E-state index contributed by atoms with van der Waals surface area (Å²) < 4.78 is 31.9. The Morgan fingerprint density at radius 1 is 0.625 bits per heavy atom. The van der Waals surface area contributed by atoms with Gasteiger partial charge in [0.2, 0.25) is 0 Å². The summed E-state index contributed by atoms with van der Waals surface area (Å²) in [6.45, 7) is 46.8. The number of methoxy groups -OCH3 is 2. The van der Waals surface area contributed by atoms with Crippen LogP contribution in [0.15, 0.2) is 226 Å². The van der Waals surface area contributed by atoms with Gasteiger partial charge in [0.05, 0.1) is 30.0 Å². The average molecular weight is 1230 g/mol. The Morgan fingerprint density at radius 2 is 1.06 bits per heavy atom. The minimum Gasteiger partial charge on any atom is -0.502 e. The molecule has 10 heteroatoms. The highest BCUT2D eigenvalue weighted by molar-refractivity contribution is 7.90. The van der Waals surface area contributed by atoms with E-state index in [0.29, 0.717) is 17.7 Å². The van der Waals surface area contributed by atoms with Crippen molar-refractivity contribution in [3.63, 3.8) is 0 Å². The smallest absolute Gasteiger partial charge is 0.175 e. The fraction of sp³-hybridized carbons (Fsp3) is 0.436. The molecule has 2 unspecified atom stereocenters. The van der Waals surface area contributed by atoms with Crippen molar-refractivity contribution in [3.05, 3.63) is 249 Å². The van der Waals surface area contributed by atoms with Crippen LogP contribution < -0.4 is 0 Å². The van der Waals surface area contributed by atoms with E-state index in [1.165, 1.54) is 68.9 Å². The van der Waals surface area contributed by atoms with E-state index < -0.39 is 22.0 Å². The number of benzene rings is 5. The fourth-order valence-corrected chi connectivity index (χ4v) is 6.88. The molecule has 0 saturated carbocycles. The predicted molar refractivity (Wildman–Crippen MR) is 385 cm³/mol. The number of aryl methyl sites for hydroxylation is 2. The number of aliphatic hydroxyl groups is 2. The van der Waals surface area contributed by atoms with Crippen LogP contribution in [0.4, 0.5) is 0 Å². The second-order valence-corrected chi connectivity index (χ2v) is 21.8. The molecule has 0 bridgehead atoms. The van der Waals surface area contributed by atoms with Crippen molar-refractivity contribution in [1.82, 2.24) is 4.90 Å². The van der Waals surface area contributed by atoms with E-state index in [1.54, 1.807) is 51.5 Å². The highest BCUT2D eigenvalue weighted by atomic mass is 32.2. The second kappa shape index (κ2) is 69.6. The number of rotatable bonds is 24. The average Bonchev–Trinajstić information content (AvgIpc) is 3.69. The van der Waals surface area contributed by atoms with Gasteiger partial charge in [-0.1, -0.05) is 271 Å². The molecule has 5 rings (SSSR count). The SMILES string of the molecule is C/C=C/CC.C=C(CCCC)OC.C=CC(C)=O.C=CC(OC)c1ccccc1.C=CCC.C=CCN(CCC)Cc1ccccc1.CCC(C)=O.CCC(O)[C@H](O)c1ccccc1.CCCCC.CCc1ccccc1.Cc1ccc(S(C)(=O)=O)cc1. The zero-order valence-electron chi connectivity index (χ0n) is 57.9. The van der Waals surface area contributed by atoms with Crippen LogP contribution in [0.3, 0.4) is 0 Å². The molecule has 494 valence electrons. The van der Waals surface area contributed by atoms with Gasteiger partial charge in [-0.15, -0.1) is 19.7 Å². The summed E-state index contributed by atoms with van der Waals surface area (Å²) in [7, 11) is 0.325. The van der Waals surface area contributed by atoms with Gasteiger partial charge < -0.3 is 24.5 Å². The summed E-state index contributed by atoms with van der Waals surface area (Å²) in [5.41, 5.74) is 5.77. The lowest BCUT2D eigenvalue weighted by Gasteiger charge is -2.19. The zero-order chi connectivity index (χ0) is 68.2. The summed E-state index contributed by atoms with van der Waals surface area (Å²) in [4.78, 5) is 22.3. The third kappa shape index (κ3) is 65.4. The number of hydrogen-bond donors (Lipinski definition) is 2. The van der Waals surface area contributed by atoms with Crippen LogP contribution in [0.25, 0.3) is 0 Å². The van der Waals surface area contributed by atoms with Crippen molar-refractivity contribution >= 4 is 21.4 Å². The summed E-state index contributed by atoms with van der Waals surface area (Å²) in [6, 6.07) is 47.1. The molecule has 0 heterocycles. The van der Waals surface area contributed by atoms with Crippen LogP contribution in [0.1, 0.15) is 194 Å². The van der Waals surface area contributed by atoms with Crippen LogP contribution >= 0.6 is 0 Å². The monoisotopic (exact) mass is 1230 g/mol. The van der Waals surface area contributed by atoms with E-state index in [9.17, 15) is 28.2 Å². The molecule has 0 aliphatic heterocycles. The van der Waals surface area contributed by atoms with Crippen LogP contribution in [0, 0.1) is 6.92 Å². The van der Waals surface area contributed by atoms with Crippen molar-refractivity contribution in [1.29, 1.82) is 0 Å². The maximum Gasteiger partial charge on any atom is 0.175 e. The Bertz CT molecular complexity index is 2480. The Morgan fingerprint density at radius 3 is 1.33 bits per heavy atom. The molecule has 0 aromatic heterocycles. The Labute approximate surface area is 540 Å². The van der Waals surface area contributed by atoms with E-state index >= 15 is 0 Å². The first-order chi connectivity index (χ1) is 42.0. The molecule has 3 atom stereocenters. The van der Waals surface area contributed by atoms with Crippen LogP contribution in [-0.4, -0.2) is 74.8 Å². The van der Waals surface area contributed by atoms with Gasteiger partial charge in [-0.2, -0.15) is 0 Å². The minimum absolute atomic E-state index is 0.0185. The first-order valence-electron chi connectivity index (χ1n) is 31.4. The number of nitrogens with zero attached hydrogens (tertiary/aromatic N) is 1. The van der Waals surface area contributed by atoms with Crippen LogP contribution in [0.2, 0.25) is 0 Å². The van der Waals surface area contributed by atoms with Crippen LogP contribution in [-0.2, 0) is 41.9 Å². The van der Waals surface area contributed by atoms with Gasteiger partial charge in [0.1, 0.15) is 11.9 Å². The molecule has 0 spiro atoms. The number of sulfone groups is 1. The molecule has 0 radical (unpaired) electrons. The Kier molecular flexibility index (Phi) is 73.2. The van der Waals surface area contributed by atoms with E-state index in [2.05, 4.69) is 153 Å². The van der Waals surface area contributed by atoms with Gasteiger partial charge >= 0.3 is 0 Å². The number of allylic oxidation sites excluding steroid dienone is 5. The number of ether oxygens (including phenoxy) is 2. The van der Waals surface area contributed by atoms with Gasteiger partial charge in [0.15, 0.2) is 15.6 Å². The summed E-state index contributed by atoms with van der Waals surface area (Å²) in [6.07, 6.45) is 24.2. The zero-order valence-corrected chi connectivity index (χ0v) is 58.7. The van der Waals surface area contributed by atoms with Crippen LogP contribution in [0.5, 0.6) is 0 Å². The van der Waals surface area contributed by atoms with Crippen molar-refractivity contribution < 1.29 is 37.7 Å². The highest BCUT2D eigenvalue weighted by Crippen LogP contribution is 2.18. The van der Waals surface area contributed by atoms with Crippen molar-refractivity contribution in [3.8, 4) is 0 Å². The topological polar surface area (TPSA) is 130 Å². The molecule has 9 nitrogen and oxygen atoms in total. The molecule has 0 saturated heterocycles. The highest BCUT2D eigenvalue weighted by Gasteiger charge is 2.15. The molecular formula is C78H123NO8S. The lowest BCUT2D eigenvalue weighted by Crippen LogP contribution is -2.23. The quantitative estimate of drug-likeness (QED) is 0.0352. The third-order valence-electron chi connectivity index (χ3n) is 11.7. The number of unbranched alkanes of at least 4 members (excludes halogenated alkanes) is 3. The molecular weight excluding hydrogens is 1110 g/mol. The standard InChI is InChI=1S/C13H19N.C10H14O2.C10H12O.C8H10O2S.C8H10.C7H14O.C5H12.C5H10.C4H8O.C4H6O.C4H8/c1-3-10-14(11-4-2)12-13-8-6-5-7-9-13;1-2-9(11)10(12)8-6-4-3-5-7-8;1-3-10(11-2)9-7-5-4-6-8-9;1-7-3-5-8(6-4-7)11(2,9)10;1-2-8-6-4-3-5-7-8;1-4-5-6-7(2)8-3;2*1-3-5-4-2;2*1-3-4(2)5;1-3-4-2/h3,5-9H,1,4,10-12H2,2H3;3-7,9-12H,2H2,1H3;3-8,10H,1H2,2H3;3-6H,1-2H3;3-7H,2H2,1H3;2,4-6H2,1,3H3;3-5H2,1-2H3;3,5H,4H2,1-2H3;3H2,1-2H3;3H,1H2,2H3;3H,1,4H2,2H3/b;;;;;;;5-3+;;;/t;9?,10-;;;;;;;;;/m.1........./s1. The second-order valence-electron chi connectivity index (χ2n) is 19.8. The Hall–Kier alpha value is -6.53. The molecule has 5 aromatic rings. The maximum absolute atomic E-state index is 10.9. The molecule has 88 heavy (non-hydrogen) atoms. The van der Waals surface area contributed by atoms with Gasteiger partial charge in [0, 0.05) is 39.3 Å².